The van der Waals surface area contributed by atoms with E-state index in [1.165, 1.54) is 0 Å². The van der Waals surface area contributed by atoms with Crippen molar-refractivity contribution in [3.8, 4) is 0 Å². The van der Waals surface area contributed by atoms with Gasteiger partial charge in [0.2, 0.25) is 0 Å². The second-order valence-electron chi connectivity index (χ2n) is 5.96. The summed E-state index contributed by atoms with van der Waals surface area (Å²) in [5.74, 6) is -1.54. The van der Waals surface area contributed by atoms with Crippen LogP contribution in [0.4, 0.5) is 5.69 Å². The molecule has 0 radical (unpaired) electrons. The molecule has 1 spiro atoms. The Kier molecular flexibility index (Phi) is 3.81. The van der Waals surface area contributed by atoms with Crippen LogP contribution in [0.5, 0.6) is 0 Å². The molecule has 4 rings (SSSR count). The summed E-state index contributed by atoms with van der Waals surface area (Å²) in [5, 5.41) is 1.09. The lowest BCUT2D eigenvalue weighted by molar-refractivity contribution is -0.180. The smallest absolute Gasteiger partial charge is 0.292 e. The molecule has 2 aromatic carbocycles. The van der Waals surface area contributed by atoms with E-state index in [1.807, 2.05) is 31.2 Å². The van der Waals surface area contributed by atoms with Crippen LogP contribution >= 0.6 is 23.2 Å². The molecule has 0 aromatic heterocycles. The summed E-state index contributed by atoms with van der Waals surface area (Å²) < 4.78 is 11.5. The number of anilines is 1. The Morgan fingerprint density at radius 2 is 1.88 bits per heavy atom. The quantitative estimate of drug-likeness (QED) is 0.807. The van der Waals surface area contributed by atoms with Crippen molar-refractivity contribution in [2.24, 2.45) is 0 Å². The van der Waals surface area contributed by atoms with E-state index in [2.05, 4.69) is 0 Å². The Hall–Kier alpha value is -1.59. The molecule has 4 nitrogen and oxygen atoms in total. The van der Waals surface area contributed by atoms with E-state index in [0.29, 0.717) is 29.8 Å². The monoisotopic (exact) mass is 363 g/mol. The number of hydrogen-bond acceptors (Lipinski definition) is 3. The average Bonchev–Trinajstić information content (AvgIpc) is 3.11. The Morgan fingerprint density at radius 1 is 1.12 bits per heavy atom. The molecule has 0 unspecified atom stereocenters. The summed E-state index contributed by atoms with van der Waals surface area (Å²) in [7, 11) is 0. The summed E-state index contributed by atoms with van der Waals surface area (Å²) in [6.45, 7) is 3.11. The van der Waals surface area contributed by atoms with Crippen molar-refractivity contribution < 1.29 is 14.3 Å². The van der Waals surface area contributed by atoms with Crippen LogP contribution < -0.4 is 4.90 Å². The number of ether oxygens (including phenoxy) is 2. The first-order chi connectivity index (χ1) is 11.5. The van der Waals surface area contributed by atoms with Gasteiger partial charge in [-0.2, -0.15) is 0 Å². The minimum atomic E-state index is -1.32. The predicted octanol–water partition coefficient (Wildman–Crippen LogP) is 4.05. The van der Waals surface area contributed by atoms with Crippen LogP contribution in [0.25, 0.3) is 0 Å². The molecule has 2 heterocycles. The van der Waals surface area contributed by atoms with Gasteiger partial charge in [-0.25, -0.2) is 0 Å². The van der Waals surface area contributed by atoms with Crippen LogP contribution in [0.2, 0.25) is 10.0 Å². The van der Waals surface area contributed by atoms with Crippen molar-refractivity contribution in [1.82, 2.24) is 0 Å². The van der Waals surface area contributed by atoms with E-state index in [9.17, 15) is 4.79 Å². The predicted molar refractivity (Wildman–Crippen MR) is 92.4 cm³/mol. The summed E-state index contributed by atoms with van der Waals surface area (Å²) >= 11 is 12.2. The van der Waals surface area contributed by atoms with Gasteiger partial charge in [0.1, 0.15) is 0 Å². The van der Waals surface area contributed by atoms with Crippen LogP contribution in [0.15, 0.2) is 36.4 Å². The van der Waals surface area contributed by atoms with Crippen LogP contribution in [-0.4, -0.2) is 19.1 Å². The molecule has 6 heteroatoms. The van der Waals surface area contributed by atoms with Crippen molar-refractivity contribution in [2.45, 2.75) is 19.3 Å². The highest BCUT2D eigenvalue weighted by Crippen LogP contribution is 2.46. The van der Waals surface area contributed by atoms with Gasteiger partial charge in [-0.3, -0.25) is 4.79 Å². The number of rotatable bonds is 2. The zero-order valence-corrected chi connectivity index (χ0v) is 14.5. The van der Waals surface area contributed by atoms with Gasteiger partial charge in [-0.1, -0.05) is 40.9 Å². The van der Waals surface area contributed by atoms with Gasteiger partial charge >= 0.3 is 0 Å². The van der Waals surface area contributed by atoms with E-state index < -0.39 is 5.79 Å². The molecule has 124 valence electrons. The number of halogens is 2. The standard InChI is InChI=1S/C18H15Cl2NO3/c1-11-2-5-16-14(8-11)18(23-6-7-24-18)17(22)21(16)10-12-3-4-13(19)9-15(12)20/h2-5,8-9H,6-7,10H2,1H3. The van der Waals surface area contributed by atoms with E-state index in [-0.39, 0.29) is 5.91 Å². The normalized spacial score (nSPS) is 18.5. The maximum atomic E-state index is 13.1. The lowest BCUT2D eigenvalue weighted by atomic mass is 10.0. The number of nitrogens with zero attached hydrogens (tertiary/aromatic N) is 1. The molecule has 24 heavy (non-hydrogen) atoms. The molecule has 0 atom stereocenters. The van der Waals surface area contributed by atoms with Crippen molar-refractivity contribution in [3.63, 3.8) is 0 Å². The van der Waals surface area contributed by atoms with Crippen molar-refractivity contribution >= 4 is 34.8 Å². The SMILES string of the molecule is Cc1ccc2c(c1)C1(OCCO1)C(=O)N2Cc1ccc(Cl)cc1Cl. The lowest BCUT2D eigenvalue weighted by Crippen LogP contribution is -2.40. The molecule has 2 aliphatic rings. The Bertz CT molecular complexity index is 831. The van der Waals surface area contributed by atoms with E-state index >= 15 is 0 Å². The third kappa shape index (κ3) is 2.33. The summed E-state index contributed by atoms with van der Waals surface area (Å²) in [6.07, 6.45) is 0. The van der Waals surface area contributed by atoms with Gasteiger partial charge in [-0.05, 0) is 36.8 Å². The molecule has 2 aliphatic heterocycles. The first-order valence-corrected chi connectivity index (χ1v) is 8.42. The highest BCUT2D eigenvalue weighted by Gasteiger charge is 2.56. The molecular weight excluding hydrogens is 349 g/mol. The molecular formula is C18H15Cl2NO3. The minimum absolute atomic E-state index is 0.216. The highest BCUT2D eigenvalue weighted by atomic mass is 35.5. The van der Waals surface area contributed by atoms with Gasteiger partial charge in [0.25, 0.3) is 11.7 Å². The zero-order chi connectivity index (χ0) is 16.9. The third-order valence-electron chi connectivity index (χ3n) is 4.36. The van der Waals surface area contributed by atoms with E-state index in [4.69, 9.17) is 32.7 Å². The first kappa shape index (κ1) is 15.9. The highest BCUT2D eigenvalue weighted by molar-refractivity contribution is 6.35. The molecule has 0 saturated carbocycles. The van der Waals surface area contributed by atoms with Crippen molar-refractivity contribution in [3.05, 3.63) is 63.1 Å². The maximum absolute atomic E-state index is 13.1. The second-order valence-corrected chi connectivity index (χ2v) is 6.80. The van der Waals surface area contributed by atoms with E-state index in [0.717, 1.165) is 22.4 Å². The number of benzene rings is 2. The third-order valence-corrected chi connectivity index (χ3v) is 4.95. The van der Waals surface area contributed by atoms with Gasteiger partial charge in [0.15, 0.2) is 0 Å². The van der Waals surface area contributed by atoms with E-state index in [1.54, 1.807) is 17.0 Å². The first-order valence-electron chi connectivity index (χ1n) is 7.66. The fourth-order valence-corrected chi connectivity index (χ4v) is 3.69. The minimum Gasteiger partial charge on any atom is -0.336 e. The number of aryl methyl sites for hydroxylation is 1. The van der Waals surface area contributed by atoms with Crippen molar-refractivity contribution in [2.75, 3.05) is 18.1 Å². The Balaban J connectivity index is 1.78. The van der Waals surface area contributed by atoms with Gasteiger partial charge < -0.3 is 14.4 Å². The topological polar surface area (TPSA) is 38.8 Å². The Morgan fingerprint density at radius 3 is 2.58 bits per heavy atom. The Labute approximate surface area is 149 Å². The van der Waals surface area contributed by atoms with Gasteiger partial charge in [-0.15, -0.1) is 0 Å². The van der Waals surface area contributed by atoms with Crippen LogP contribution in [-0.2, 0) is 26.6 Å². The fourth-order valence-electron chi connectivity index (χ4n) is 3.22. The van der Waals surface area contributed by atoms with Crippen LogP contribution in [0, 0.1) is 6.92 Å². The average molecular weight is 364 g/mol. The second kappa shape index (κ2) is 5.74. The number of hydrogen-bond donors (Lipinski definition) is 0. The van der Waals surface area contributed by atoms with Crippen LogP contribution in [0.3, 0.4) is 0 Å². The maximum Gasteiger partial charge on any atom is 0.292 e. The molecule has 2 aromatic rings. The molecule has 1 fully saturated rings. The number of fused-ring (bicyclic) bond motifs is 2. The summed E-state index contributed by atoms with van der Waals surface area (Å²) in [5.41, 5.74) is 3.41. The molecule has 0 N–H and O–H groups in total. The van der Waals surface area contributed by atoms with Crippen molar-refractivity contribution in [1.29, 1.82) is 0 Å². The lowest BCUT2D eigenvalue weighted by Gasteiger charge is -2.22. The number of carbonyl (C=O) groups excluding carboxylic acids is 1. The van der Waals surface area contributed by atoms with Crippen LogP contribution in [0.1, 0.15) is 16.7 Å². The number of carbonyl (C=O) groups is 1. The molecule has 1 amide bonds. The number of amides is 1. The molecule has 0 bridgehead atoms. The zero-order valence-electron chi connectivity index (χ0n) is 13.0. The summed E-state index contributed by atoms with van der Waals surface area (Å²) in [6, 6.07) is 11.1. The molecule has 1 saturated heterocycles. The van der Waals surface area contributed by atoms with Gasteiger partial charge in [0, 0.05) is 15.6 Å². The fraction of sp³-hybridized carbons (Fsp3) is 0.278. The summed E-state index contributed by atoms with van der Waals surface area (Å²) in [4.78, 5) is 14.7. The van der Waals surface area contributed by atoms with Gasteiger partial charge in [0.05, 0.1) is 25.4 Å². The largest absolute Gasteiger partial charge is 0.336 e. The molecule has 0 aliphatic carbocycles.